The molecule has 21 heavy (non-hydrogen) atoms. The highest BCUT2D eigenvalue weighted by molar-refractivity contribution is 9.10. The van der Waals surface area contributed by atoms with E-state index in [1.54, 1.807) is 6.20 Å². The summed E-state index contributed by atoms with van der Waals surface area (Å²) in [5.74, 6) is 0.225. The van der Waals surface area contributed by atoms with Crippen LogP contribution in [0.1, 0.15) is 12.0 Å². The van der Waals surface area contributed by atoms with Crippen LogP contribution in [0.5, 0.6) is 0 Å². The van der Waals surface area contributed by atoms with E-state index in [1.807, 2.05) is 42.6 Å². The van der Waals surface area contributed by atoms with Crippen molar-refractivity contribution in [1.29, 1.82) is 0 Å². The minimum absolute atomic E-state index is 0.225. The maximum absolute atomic E-state index is 8.67. The predicted molar refractivity (Wildman–Crippen MR) is 87.5 cm³/mol. The van der Waals surface area contributed by atoms with Gasteiger partial charge in [0.2, 0.25) is 0 Å². The molecule has 1 heterocycles. The molecule has 2 aromatic rings. The Labute approximate surface area is 132 Å². The van der Waals surface area contributed by atoms with E-state index in [1.165, 1.54) is 0 Å². The van der Waals surface area contributed by atoms with E-state index in [4.69, 9.17) is 10.9 Å². The summed E-state index contributed by atoms with van der Waals surface area (Å²) in [4.78, 5) is 6.35. The van der Waals surface area contributed by atoms with Crippen LogP contribution in [0.25, 0.3) is 0 Å². The van der Waals surface area contributed by atoms with Crippen LogP contribution in [0, 0.1) is 0 Å². The summed E-state index contributed by atoms with van der Waals surface area (Å²) in [6.45, 7) is 1.36. The Hall–Kier alpha value is -2.08. The molecular weight excluding hydrogens is 332 g/mol. The zero-order valence-electron chi connectivity index (χ0n) is 11.5. The molecule has 1 aromatic heterocycles. The van der Waals surface area contributed by atoms with Crippen molar-refractivity contribution in [3.05, 3.63) is 58.8 Å². The third-order valence-electron chi connectivity index (χ3n) is 3.02. The Balaban J connectivity index is 2.15. The molecule has 0 fully saturated rings. The third kappa shape index (κ3) is 4.75. The first-order valence-corrected chi connectivity index (χ1v) is 7.34. The van der Waals surface area contributed by atoms with Gasteiger partial charge in [-0.05, 0) is 39.7 Å². The number of hydrogen-bond acceptors (Lipinski definition) is 4. The number of aromatic nitrogens is 1. The van der Waals surface area contributed by atoms with Crippen LogP contribution in [0.4, 0.5) is 5.69 Å². The molecule has 0 radical (unpaired) electrons. The number of halogens is 1. The Morgan fingerprint density at radius 1 is 1.29 bits per heavy atom. The molecule has 110 valence electrons. The number of nitrogens with zero attached hydrogens (tertiary/aromatic N) is 3. The molecule has 0 atom stereocenters. The lowest BCUT2D eigenvalue weighted by molar-refractivity contribution is 0.317. The van der Waals surface area contributed by atoms with Crippen LogP contribution in [0.3, 0.4) is 0 Å². The Morgan fingerprint density at radius 3 is 2.71 bits per heavy atom. The molecule has 0 aliphatic heterocycles. The zero-order chi connectivity index (χ0) is 15.1. The summed E-state index contributed by atoms with van der Waals surface area (Å²) in [6, 6.07) is 12.1. The van der Waals surface area contributed by atoms with Crippen molar-refractivity contribution in [3.63, 3.8) is 0 Å². The van der Waals surface area contributed by atoms with Gasteiger partial charge in [-0.3, -0.25) is 4.98 Å². The average Bonchev–Trinajstić information content (AvgIpc) is 2.52. The molecule has 1 aromatic carbocycles. The van der Waals surface area contributed by atoms with Gasteiger partial charge in [-0.1, -0.05) is 23.4 Å². The fourth-order valence-corrected chi connectivity index (χ4v) is 2.41. The van der Waals surface area contributed by atoms with E-state index < -0.39 is 0 Å². The minimum atomic E-state index is 0.225. The number of rotatable bonds is 6. The van der Waals surface area contributed by atoms with E-state index >= 15 is 0 Å². The molecule has 2 rings (SSSR count). The van der Waals surface area contributed by atoms with Gasteiger partial charge in [0.25, 0.3) is 0 Å². The maximum atomic E-state index is 8.67. The molecule has 6 heteroatoms. The fourth-order valence-electron chi connectivity index (χ4n) is 2.00. The minimum Gasteiger partial charge on any atom is -0.409 e. The molecule has 0 bridgehead atoms. The van der Waals surface area contributed by atoms with Crippen molar-refractivity contribution in [2.24, 2.45) is 10.9 Å². The number of oxime groups is 1. The fraction of sp³-hybridized carbons (Fsp3) is 0.200. The summed E-state index contributed by atoms with van der Waals surface area (Å²) in [5, 5.41) is 11.7. The van der Waals surface area contributed by atoms with Crippen LogP contribution in [-0.4, -0.2) is 22.6 Å². The number of benzene rings is 1. The van der Waals surface area contributed by atoms with E-state index in [0.29, 0.717) is 19.5 Å². The second kappa shape index (κ2) is 7.64. The predicted octanol–water partition coefficient (Wildman–Crippen LogP) is 2.99. The molecule has 0 aliphatic rings. The summed E-state index contributed by atoms with van der Waals surface area (Å²) in [6.07, 6.45) is 4.09. The molecule has 0 spiro atoms. The number of amidine groups is 1. The largest absolute Gasteiger partial charge is 0.409 e. The van der Waals surface area contributed by atoms with Gasteiger partial charge in [0.1, 0.15) is 5.84 Å². The molecule has 0 aliphatic carbocycles. The maximum Gasteiger partial charge on any atom is 0.140 e. The highest BCUT2D eigenvalue weighted by atomic mass is 79.9. The average molecular weight is 349 g/mol. The van der Waals surface area contributed by atoms with Gasteiger partial charge in [-0.2, -0.15) is 0 Å². The first-order chi connectivity index (χ1) is 10.2. The van der Waals surface area contributed by atoms with E-state index in [0.717, 1.165) is 15.7 Å². The highest BCUT2D eigenvalue weighted by Crippen LogP contribution is 2.18. The van der Waals surface area contributed by atoms with Crippen LogP contribution >= 0.6 is 15.9 Å². The van der Waals surface area contributed by atoms with Gasteiger partial charge >= 0.3 is 0 Å². The number of para-hydroxylation sites is 1. The summed E-state index contributed by atoms with van der Waals surface area (Å²) < 4.78 is 0.949. The van der Waals surface area contributed by atoms with Crippen LogP contribution in [-0.2, 0) is 6.54 Å². The lowest BCUT2D eigenvalue weighted by atomic mass is 10.2. The first-order valence-electron chi connectivity index (χ1n) is 6.55. The lowest BCUT2D eigenvalue weighted by Gasteiger charge is -2.24. The highest BCUT2D eigenvalue weighted by Gasteiger charge is 2.09. The van der Waals surface area contributed by atoms with Crippen LogP contribution in [0.2, 0.25) is 0 Å². The van der Waals surface area contributed by atoms with E-state index in [2.05, 4.69) is 31.0 Å². The third-order valence-corrected chi connectivity index (χ3v) is 3.46. The SMILES string of the molecule is N/C(CCN(Cc1cncc(Br)c1)c1ccccc1)=N/O. The molecule has 0 saturated heterocycles. The van der Waals surface area contributed by atoms with Gasteiger partial charge in [-0.15, -0.1) is 0 Å². The van der Waals surface area contributed by atoms with Gasteiger partial charge in [0.15, 0.2) is 0 Å². The van der Waals surface area contributed by atoms with Crippen molar-refractivity contribution in [1.82, 2.24) is 4.98 Å². The quantitative estimate of drug-likeness (QED) is 0.364. The normalized spacial score (nSPS) is 11.4. The molecule has 0 amide bonds. The standard InChI is InChI=1S/C15H17BrN4O/c16-13-8-12(9-18-10-13)11-20(7-6-15(17)19-21)14-4-2-1-3-5-14/h1-5,8-10,21H,6-7,11H2,(H2,17,19). The summed E-state index contributed by atoms with van der Waals surface area (Å²) >= 11 is 3.43. The second-order valence-electron chi connectivity index (χ2n) is 4.61. The van der Waals surface area contributed by atoms with Crippen molar-refractivity contribution in [3.8, 4) is 0 Å². The number of hydrogen-bond donors (Lipinski definition) is 2. The van der Waals surface area contributed by atoms with Crippen LogP contribution in [0.15, 0.2) is 58.4 Å². The molecule has 3 N–H and O–H groups in total. The molecule has 5 nitrogen and oxygen atoms in total. The Morgan fingerprint density at radius 2 is 2.05 bits per heavy atom. The van der Waals surface area contributed by atoms with Gasteiger partial charge in [-0.25, -0.2) is 0 Å². The van der Waals surface area contributed by atoms with Gasteiger partial charge < -0.3 is 15.8 Å². The first kappa shape index (κ1) is 15.3. The molecular formula is C15H17BrN4O. The van der Waals surface area contributed by atoms with E-state index in [9.17, 15) is 0 Å². The monoisotopic (exact) mass is 348 g/mol. The second-order valence-corrected chi connectivity index (χ2v) is 5.53. The summed E-state index contributed by atoms with van der Waals surface area (Å²) in [5.41, 5.74) is 7.75. The Bertz CT molecular complexity index is 604. The van der Waals surface area contributed by atoms with Crippen LogP contribution < -0.4 is 10.6 Å². The smallest absolute Gasteiger partial charge is 0.140 e. The van der Waals surface area contributed by atoms with Gasteiger partial charge in [0, 0.05) is 42.1 Å². The topological polar surface area (TPSA) is 74.7 Å². The zero-order valence-corrected chi connectivity index (χ0v) is 13.1. The van der Waals surface area contributed by atoms with Crippen molar-refractivity contribution < 1.29 is 5.21 Å². The number of pyridine rings is 1. The number of nitrogens with two attached hydrogens (primary N) is 1. The summed E-state index contributed by atoms with van der Waals surface area (Å²) in [7, 11) is 0. The lowest BCUT2D eigenvalue weighted by Crippen LogP contribution is -2.27. The van der Waals surface area contributed by atoms with Gasteiger partial charge in [0.05, 0.1) is 0 Å². The van der Waals surface area contributed by atoms with Crippen molar-refractivity contribution in [2.75, 3.05) is 11.4 Å². The number of anilines is 1. The molecule has 0 unspecified atom stereocenters. The van der Waals surface area contributed by atoms with Crippen molar-refractivity contribution in [2.45, 2.75) is 13.0 Å². The molecule has 0 saturated carbocycles. The van der Waals surface area contributed by atoms with E-state index in [-0.39, 0.29) is 5.84 Å². The van der Waals surface area contributed by atoms with Crippen molar-refractivity contribution >= 4 is 27.5 Å². The Kier molecular flexibility index (Phi) is 5.57.